The molecule has 0 N–H and O–H groups in total. The number of fused-ring (bicyclic) bond motifs is 1. The van der Waals surface area contributed by atoms with E-state index in [2.05, 4.69) is 20.8 Å². The number of rotatable bonds is 2. The zero-order chi connectivity index (χ0) is 14.4. The van der Waals surface area contributed by atoms with Crippen molar-refractivity contribution in [3.05, 3.63) is 28.8 Å². The Morgan fingerprint density at radius 2 is 1.74 bits per heavy atom. The number of Topliss-reactive ketones (excluding diaryl/α,β-unsaturated/α-hetero) is 1. The van der Waals surface area contributed by atoms with E-state index < -0.39 is 0 Å². The number of aryl methyl sites for hydroxylation is 2. The van der Waals surface area contributed by atoms with E-state index in [0.29, 0.717) is 12.1 Å². The van der Waals surface area contributed by atoms with Crippen molar-refractivity contribution in [3.8, 4) is 0 Å². The number of amides is 1. The third-order valence-electron chi connectivity index (χ3n) is 3.48. The van der Waals surface area contributed by atoms with Crippen LogP contribution in [-0.2, 0) is 4.79 Å². The van der Waals surface area contributed by atoms with Crippen molar-refractivity contribution in [1.29, 1.82) is 0 Å². The summed E-state index contributed by atoms with van der Waals surface area (Å²) in [6, 6.07) is 3.84. The molecule has 0 unspecified atom stereocenters. The maximum atomic E-state index is 12.1. The third kappa shape index (κ3) is 2.55. The lowest BCUT2D eigenvalue weighted by Crippen LogP contribution is -2.32. The van der Waals surface area contributed by atoms with Gasteiger partial charge in [-0.25, -0.2) is 0 Å². The van der Waals surface area contributed by atoms with E-state index in [1.54, 1.807) is 4.90 Å². The molecule has 0 saturated carbocycles. The van der Waals surface area contributed by atoms with Gasteiger partial charge >= 0.3 is 0 Å². The number of benzene rings is 1. The van der Waals surface area contributed by atoms with Gasteiger partial charge in [-0.05, 0) is 42.9 Å². The second-order valence-corrected chi connectivity index (χ2v) is 6.57. The summed E-state index contributed by atoms with van der Waals surface area (Å²) in [4.78, 5) is 25.8. The Hall–Kier alpha value is -1.64. The lowest BCUT2D eigenvalue weighted by molar-refractivity contribution is -0.114. The first-order valence-electron chi connectivity index (χ1n) is 6.68. The van der Waals surface area contributed by atoms with Crippen molar-refractivity contribution >= 4 is 17.4 Å². The molecule has 1 aliphatic rings. The van der Waals surface area contributed by atoms with Crippen LogP contribution in [0.1, 0.15) is 48.7 Å². The summed E-state index contributed by atoms with van der Waals surface area (Å²) in [6.07, 6.45) is 0.874. The highest BCUT2D eigenvalue weighted by Crippen LogP contribution is 2.34. The Labute approximate surface area is 114 Å². The van der Waals surface area contributed by atoms with Crippen LogP contribution in [0.15, 0.2) is 12.1 Å². The molecular weight excluding hydrogens is 238 g/mol. The fraction of sp³-hybridized carbons (Fsp3) is 0.500. The highest BCUT2D eigenvalue weighted by atomic mass is 16.2. The maximum Gasteiger partial charge on any atom is 0.299 e. The van der Waals surface area contributed by atoms with E-state index in [4.69, 9.17) is 0 Å². The molecule has 3 nitrogen and oxygen atoms in total. The minimum atomic E-state index is -0.382. The standard InChI is InChI=1S/C16H21NO2/c1-10-8-11(2)13-12(9-10)14(18)15(19)17(13)7-6-16(3,4)5/h8-9H,6-7H2,1-5H3. The lowest BCUT2D eigenvalue weighted by Gasteiger charge is -2.24. The molecule has 1 heterocycles. The molecule has 0 aliphatic carbocycles. The summed E-state index contributed by atoms with van der Waals surface area (Å²) in [5.41, 5.74) is 3.55. The second kappa shape index (κ2) is 4.48. The van der Waals surface area contributed by atoms with Crippen LogP contribution in [0.4, 0.5) is 5.69 Å². The lowest BCUT2D eigenvalue weighted by atomic mass is 9.92. The topological polar surface area (TPSA) is 37.4 Å². The highest BCUT2D eigenvalue weighted by Gasteiger charge is 2.37. The summed E-state index contributed by atoms with van der Waals surface area (Å²) < 4.78 is 0. The molecule has 0 bridgehead atoms. The second-order valence-electron chi connectivity index (χ2n) is 6.57. The molecule has 1 amide bonds. The molecule has 0 aromatic heterocycles. The molecule has 19 heavy (non-hydrogen) atoms. The van der Waals surface area contributed by atoms with Crippen LogP contribution in [0.25, 0.3) is 0 Å². The van der Waals surface area contributed by atoms with E-state index in [0.717, 1.165) is 23.2 Å². The summed E-state index contributed by atoms with van der Waals surface area (Å²) in [5, 5.41) is 0. The summed E-state index contributed by atoms with van der Waals surface area (Å²) in [5.74, 6) is -0.747. The Kier molecular flexibility index (Phi) is 3.25. The Bertz CT molecular complexity index is 553. The first-order valence-corrected chi connectivity index (χ1v) is 6.68. The number of nitrogens with zero attached hydrogens (tertiary/aromatic N) is 1. The molecule has 0 saturated heterocycles. The smallest absolute Gasteiger partial charge is 0.299 e. The predicted molar refractivity (Wildman–Crippen MR) is 76.7 cm³/mol. The van der Waals surface area contributed by atoms with Gasteiger partial charge in [0.25, 0.3) is 11.7 Å². The molecule has 1 aromatic carbocycles. The number of ketones is 1. The van der Waals surface area contributed by atoms with Crippen molar-refractivity contribution in [3.63, 3.8) is 0 Å². The Morgan fingerprint density at radius 3 is 2.32 bits per heavy atom. The molecule has 2 rings (SSSR count). The molecule has 0 spiro atoms. The summed E-state index contributed by atoms with van der Waals surface area (Å²) >= 11 is 0. The molecule has 0 radical (unpaired) electrons. The van der Waals surface area contributed by atoms with Crippen LogP contribution in [0, 0.1) is 19.3 Å². The summed E-state index contributed by atoms with van der Waals surface area (Å²) in [7, 11) is 0. The van der Waals surface area contributed by atoms with E-state index in [1.165, 1.54) is 0 Å². The van der Waals surface area contributed by atoms with Gasteiger partial charge in [-0.2, -0.15) is 0 Å². The zero-order valence-corrected chi connectivity index (χ0v) is 12.3. The average Bonchev–Trinajstić information content (AvgIpc) is 2.50. The van der Waals surface area contributed by atoms with Crippen LogP contribution in [0.5, 0.6) is 0 Å². The number of anilines is 1. The molecule has 0 fully saturated rings. The van der Waals surface area contributed by atoms with Crippen LogP contribution < -0.4 is 4.90 Å². The third-order valence-corrected chi connectivity index (χ3v) is 3.48. The Balaban J connectivity index is 2.39. The van der Waals surface area contributed by atoms with E-state index in [9.17, 15) is 9.59 Å². The van der Waals surface area contributed by atoms with Gasteiger partial charge < -0.3 is 4.90 Å². The first-order chi connectivity index (χ1) is 8.70. The minimum absolute atomic E-state index is 0.144. The number of hydrogen-bond acceptors (Lipinski definition) is 2. The summed E-state index contributed by atoms with van der Waals surface area (Å²) in [6.45, 7) is 10.9. The van der Waals surface area contributed by atoms with Gasteiger partial charge in [-0.3, -0.25) is 9.59 Å². The van der Waals surface area contributed by atoms with Crippen LogP contribution >= 0.6 is 0 Å². The van der Waals surface area contributed by atoms with Crippen molar-refractivity contribution in [2.75, 3.05) is 11.4 Å². The van der Waals surface area contributed by atoms with Crippen LogP contribution in [0.3, 0.4) is 0 Å². The maximum absolute atomic E-state index is 12.1. The molecule has 1 aliphatic heterocycles. The SMILES string of the molecule is Cc1cc(C)c2c(c1)C(=O)C(=O)N2CCC(C)(C)C. The number of carbonyl (C=O) groups excluding carboxylic acids is 2. The van der Waals surface area contributed by atoms with Gasteiger partial charge in [0, 0.05) is 6.54 Å². The predicted octanol–water partition coefficient (Wildman–Crippen LogP) is 3.27. The van der Waals surface area contributed by atoms with Gasteiger partial charge in [-0.1, -0.05) is 26.8 Å². The van der Waals surface area contributed by atoms with Gasteiger partial charge in [-0.15, -0.1) is 0 Å². The van der Waals surface area contributed by atoms with Crippen molar-refractivity contribution in [2.24, 2.45) is 5.41 Å². The normalized spacial score (nSPS) is 15.1. The monoisotopic (exact) mass is 259 g/mol. The highest BCUT2D eigenvalue weighted by molar-refractivity contribution is 6.52. The van der Waals surface area contributed by atoms with Crippen molar-refractivity contribution in [2.45, 2.75) is 41.0 Å². The fourth-order valence-electron chi connectivity index (χ4n) is 2.49. The van der Waals surface area contributed by atoms with Crippen LogP contribution in [0.2, 0.25) is 0 Å². The molecule has 0 atom stereocenters. The van der Waals surface area contributed by atoms with Crippen molar-refractivity contribution in [1.82, 2.24) is 0 Å². The number of hydrogen-bond donors (Lipinski definition) is 0. The quantitative estimate of drug-likeness (QED) is 0.764. The Morgan fingerprint density at radius 1 is 1.11 bits per heavy atom. The average molecular weight is 259 g/mol. The van der Waals surface area contributed by atoms with E-state index >= 15 is 0 Å². The van der Waals surface area contributed by atoms with Crippen LogP contribution in [-0.4, -0.2) is 18.2 Å². The molecule has 1 aromatic rings. The van der Waals surface area contributed by atoms with Gasteiger partial charge in [0.15, 0.2) is 0 Å². The van der Waals surface area contributed by atoms with Gasteiger partial charge in [0.05, 0.1) is 11.3 Å². The first kappa shape index (κ1) is 13.8. The van der Waals surface area contributed by atoms with Gasteiger partial charge in [0.1, 0.15) is 0 Å². The van der Waals surface area contributed by atoms with Crippen molar-refractivity contribution < 1.29 is 9.59 Å². The molecule has 3 heteroatoms. The van der Waals surface area contributed by atoms with Gasteiger partial charge in [0.2, 0.25) is 0 Å². The molecular formula is C16H21NO2. The number of carbonyl (C=O) groups is 2. The largest absolute Gasteiger partial charge is 0.304 e. The molecule has 102 valence electrons. The van der Waals surface area contributed by atoms with E-state index in [1.807, 2.05) is 26.0 Å². The van der Waals surface area contributed by atoms with E-state index in [-0.39, 0.29) is 17.1 Å². The fourth-order valence-corrected chi connectivity index (χ4v) is 2.49. The zero-order valence-electron chi connectivity index (χ0n) is 12.3. The minimum Gasteiger partial charge on any atom is -0.304 e.